The number of anilines is 1. The molecular formula is C11H17FN2O3S. The molecule has 0 bridgehead atoms. The van der Waals surface area contributed by atoms with Gasteiger partial charge in [-0.1, -0.05) is 0 Å². The number of nitrogens with two attached hydrogens (primary N) is 1. The number of hydrogen-bond acceptors (Lipinski definition) is 4. The standard InChI is InChI=1S/C11H17FN2O3S/c1-8(15)3-2-6-14-18(16,17)11-7-9(12)4-5-10(11)13/h4-5,7-8,14-15H,2-3,6,13H2,1H3. The van der Waals surface area contributed by atoms with Gasteiger partial charge in [0.1, 0.15) is 10.7 Å². The fraction of sp³-hybridized carbons (Fsp3) is 0.455. The van der Waals surface area contributed by atoms with Crippen molar-refractivity contribution in [3.8, 4) is 0 Å². The summed E-state index contributed by atoms with van der Waals surface area (Å²) in [6, 6.07) is 3.19. The Morgan fingerprint density at radius 1 is 1.50 bits per heavy atom. The molecule has 0 aromatic heterocycles. The van der Waals surface area contributed by atoms with Crippen LogP contribution in [-0.4, -0.2) is 26.2 Å². The topological polar surface area (TPSA) is 92.4 Å². The Labute approximate surface area is 106 Å². The number of aliphatic hydroxyl groups is 1. The third-order valence-electron chi connectivity index (χ3n) is 2.36. The average Bonchev–Trinajstić information content (AvgIpc) is 2.27. The number of sulfonamides is 1. The Morgan fingerprint density at radius 3 is 2.78 bits per heavy atom. The highest BCUT2D eigenvalue weighted by molar-refractivity contribution is 7.89. The number of aliphatic hydroxyl groups excluding tert-OH is 1. The van der Waals surface area contributed by atoms with E-state index in [1.807, 2.05) is 0 Å². The highest BCUT2D eigenvalue weighted by Crippen LogP contribution is 2.18. The van der Waals surface area contributed by atoms with Crippen LogP contribution < -0.4 is 10.5 Å². The zero-order valence-corrected chi connectivity index (χ0v) is 10.9. The quantitative estimate of drug-likeness (QED) is 0.530. The third-order valence-corrected chi connectivity index (χ3v) is 3.87. The normalized spacial score (nSPS) is 13.5. The van der Waals surface area contributed by atoms with Crippen LogP contribution in [0.3, 0.4) is 0 Å². The minimum atomic E-state index is -3.81. The van der Waals surface area contributed by atoms with Crippen LogP contribution in [0.5, 0.6) is 0 Å². The van der Waals surface area contributed by atoms with Crippen molar-refractivity contribution in [1.82, 2.24) is 4.72 Å². The van der Waals surface area contributed by atoms with Gasteiger partial charge in [-0.3, -0.25) is 0 Å². The smallest absolute Gasteiger partial charge is 0.242 e. The summed E-state index contributed by atoms with van der Waals surface area (Å²) in [5, 5.41) is 9.03. The molecule has 7 heteroatoms. The molecule has 102 valence electrons. The Morgan fingerprint density at radius 2 is 2.17 bits per heavy atom. The Kier molecular flexibility index (Phi) is 5.06. The molecule has 1 unspecified atom stereocenters. The molecule has 1 atom stereocenters. The van der Waals surface area contributed by atoms with E-state index >= 15 is 0 Å². The maximum Gasteiger partial charge on any atom is 0.242 e. The van der Waals surface area contributed by atoms with Crippen LogP contribution >= 0.6 is 0 Å². The highest BCUT2D eigenvalue weighted by atomic mass is 32.2. The second-order valence-electron chi connectivity index (χ2n) is 4.07. The van der Waals surface area contributed by atoms with E-state index < -0.39 is 21.9 Å². The van der Waals surface area contributed by atoms with Gasteiger partial charge in [0.05, 0.1) is 11.8 Å². The van der Waals surface area contributed by atoms with Crippen molar-refractivity contribution in [2.24, 2.45) is 0 Å². The van der Waals surface area contributed by atoms with Gasteiger partial charge in [0.25, 0.3) is 0 Å². The number of nitrogens with one attached hydrogen (secondary N) is 1. The molecule has 1 aromatic carbocycles. The SMILES string of the molecule is CC(O)CCCNS(=O)(=O)c1cc(F)ccc1N. The molecule has 0 aliphatic carbocycles. The van der Waals surface area contributed by atoms with Gasteiger partial charge in [-0.2, -0.15) is 0 Å². The van der Waals surface area contributed by atoms with E-state index in [9.17, 15) is 12.8 Å². The van der Waals surface area contributed by atoms with Crippen molar-refractivity contribution in [1.29, 1.82) is 0 Å². The Hall–Kier alpha value is -1.18. The number of halogens is 1. The van der Waals surface area contributed by atoms with E-state index in [0.29, 0.717) is 12.8 Å². The van der Waals surface area contributed by atoms with Crippen molar-refractivity contribution in [2.75, 3.05) is 12.3 Å². The molecule has 1 rings (SSSR count). The predicted octanol–water partition coefficient (Wildman–Crippen LogP) is 0.847. The summed E-state index contributed by atoms with van der Waals surface area (Å²) in [6.45, 7) is 1.79. The molecule has 4 N–H and O–H groups in total. The molecule has 0 radical (unpaired) electrons. The van der Waals surface area contributed by atoms with Gasteiger partial charge >= 0.3 is 0 Å². The van der Waals surface area contributed by atoms with Crippen molar-refractivity contribution in [3.05, 3.63) is 24.0 Å². The summed E-state index contributed by atoms with van der Waals surface area (Å²) >= 11 is 0. The highest BCUT2D eigenvalue weighted by Gasteiger charge is 2.17. The molecule has 0 aliphatic rings. The summed E-state index contributed by atoms with van der Waals surface area (Å²) in [5.74, 6) is -0.659. The van der Waals surface area contributed by atoms with Gasteiger partial charge in [-0.05, 0) is 38.0 Å². The molecule has 1 aromatic rings. The molecule has 0 fully saturated rings. The third kappa shape index (κ3) is 4.25. The van der Waals surface area contributed by atoms with Crippen molar-refractivity contribution in [2.45, 2.75) is 30.8 Å². The van der Waals surface area contributed by atoms with E-state index in [2.05, 4.69) is 4.72 Å². The molecular weight excluding hydrogens is 259 g/mol. The maximum atomic E-state index is 13.0. The Bertz CT molecular complexity index is 503. The number of nitrogen functional groups attached to an aromatic ring is 1. The largest absolute Gasteiger partial charge is 0.398 e. The summed E-state index contributed by atoms with van der Waals surface area (Å²) < 4.78 is 39.0. The molecule has 0 saturated heterocycles. The first-order valence-electron chi connectivity index (χ1n) is 5.55. The molecule has 0 amide bonds. The zero-order valence-electron chi connectivity index (χ0n) is 10.1. The van der Waals surface area contributed by atoms with E-state index in [1.165, 1.54) is 6.07 Å². The van der Waals surface area contributed by atoms with Crippen LogP contribution in [0, 0.1) is 5.82 Å². The summed E-state index contributed by atoms with van der Waals surface area (Å²) in [4.78, 5) is -0.264. The van der Waals surface area contributed by atoms with Crippen LogP contribution in [-0.2, 0) is 10.0 Å². The predicted molar refractivity (Wildman–Crippen MR) is 66.9 cm³/mol. The summed E-state index contributed by atoms with van der Waals surface area (Å²) in [7, 11) is -3.81. The first-order valence-corrected chi connectivity index (χ1v) is 7.04. The lowest BCUT2D eigenvalue weighted by Gasteiger charge is -2.09. The summed E-state index contributed by atoms with van der Waals surface area (Å²) in [5.41, 5.74) is 5.50. The number of rotatable bonds is 6. The van der Waals surface area contributed by atoms with Crippen LogP contribution in [0.4, 0.5) is 10.1 Å². The average molecular weight is 276 g/mol. The molecule has 0 aliphatic heterocycles. The van der Waals surface area contributed by atoms with E-state index in [1.54, 1.807) is 6.92 Å². The van der Waals surface area contributed by atoms with Gasteiger partial charge in [0.15, 0.2) is 0 Å². The lowest BCUT2D eigenvalue weighted by atomic mass is 10.2. The lowest BCUT2D eigenvalue weighted by molar-refractivity contribution is 0.182. The minimum absolute atomic E-state index is 0.000531. The maximum absolute atomic E-state index is 13.0. The molecule has 0 saturated carbocycles. The first-order chi connectivity index (χ1) is 8.33. The van der Waals surface area contributed by atoms with Gasteiger partial charge in [-0.15, -0.1) is 0 Å². The van der Waals surface area contributed by atoms with E-state index in [-0.39, 0.29) is 17.1 Å². The Balaban J connectivity index is 2.71. The van der Waals surface area contributed by atoms with Gasteiger partial charge < -0.3 is 10.8 Å². The molecule has 5 nitrogen and oxygen atoms in total. The number of benzene rings is 1. The monoisotopic (exact) mass is 276 g/mol. The molecule has 0 spiro atoms. The summed E-state index contributed by atoms with van der Waals surface area (Å²) in [6.07, 6.45) is 0.501. The minimum Gasteiger partial charge on any atom is -0.398 e. The van der Waals surface area contributed by atoms with Crippen LogP contribution in [0.25, 0.3) is 0 Å². The second-order valence-corrected chi connectivity index (χ2v) is 5.81. The first kappa shape index (κ1) is 14.9. The van der Waals surface area contributed by atoms with Crippen molar-refractivity contribution < 1.29 is 17.9 Å². The lowest BCUT2D eigenvalue weighted by Crippen LogP contribution is -2.26. The molecule has 0 heterocycles. The zero-order chi connectivity index (χ0) is 13.8. The van der Waals surface area contributed by atoms with Crippen molar-refractivity contribution in [3.63, 3.8) is 0 Å². The molecule has 18 heavy (non-hydrogen) atoms. The fourth-order valence-corrected chi connectivity index (χ4v) is 2.64. The van der Waals surface area contributed by atoms with Crippen molar-refractivity contribution >= 4 is 15.7 Å². The number of hydrogen-bond donors (Lipinski definition) is 3. The van der Waals surface area contributed by atoms with Crippen LogP contribution in [0.2, 0.25) is 0 Å². The van der Waals surface area contributed by atoms with Gasteiger partial charge in [-0.25, -0.2) is 17.5 Å². The van der Waals surface area contributed by atoms with Crippen LogP contribution in [0.1, 0.15) is 19.8 Å². The second kappa shape index (κ2) is 6.12. The van der Waals surface area contributed by atoms with Gasteiger partial charge in [0.2, 0.25) is 10.0 Å². The fourth-order valence-electron chi connectivity index (χ4n) is 1.42. The van der Waals surface area contributed by atoms with E-state index in [0.717, 1.165) is 12.1 Å². The van der Waals surface area contributed by atoms with Crippen LogP contribution in [0.15, 0.2) is 23.1 Å². The van der Waals surface area contributed by atoms with Gasteiger partial charge in [0, 0.05) is 6.54 Å². The van der Waals surface area contributed by atoms with E-state index in [4.69, 9.17) is 10.8 Å².